The number of hydrogen-bond donors (Lipinski definition) is 1. The Kier molecular flexibility index (Phi) is 5.26. The van der Waals surface area contributed by atoms with E-state index in [1.54, 1.807) is 36.5 Å². The third-order valence-electron chi connectivity index (χ3n) is 5.77. The Hall–Kier alpha value is -3.50. The molecule has 1 aromatic heterocycles. The first-order chi connectivity index (χ1) is 15.8. The van der Waals surface area contributed by atoms with Crippen LogP contribution in [0.25, 0.3) is 16.6 Å². The second kappa shape index (κ2) is 8.13. The number of rotatable bonds is 4. The molecule has 0 bridgehead atoms. The fraction of sp³-hybridized carbons (Fsp3) is 0.174. The van der Waals surface area contributed by atoms with E-state index in [1.165, 1.54) is 8.99 Å². The minimum absolute atomic E-state index is 0.203. The van der Waals surface area contributed by atoms with Gasteiger partial charge < -0.3 is 10.0 Å². The van der Waals surface area contributed by atoms with Crippen molar-refractivity contribution < 1.29 is 22.3 Å². The number of phenolic OH excluding ortho intramolecular Hbond substituents is 1. The summed E-state index contributed by atoms with van der Waals surface area (Å²) < 4.78 is 55.7. The zero-order chi connectivity index (χ0) is 23.2. The van der Waals surface area contributed by atoms with Crippen molar-refractivity contribution >= 4 is 26.6 Å². The molecule has 0 radical (unpaired) electrons. The molecule has 4 aromatic rings. The maximum atomic E-state index is 13.7. The maximum Gasteiger partial charge on any atom is 0.243 e. The van der Waals surface area contributed by atoms with Crippen molar-refractivity contribution in [1.82, 2.24) is 14.1 Å². The molecule has 0 atom stereocenters. The lowest BCUT2D eigenvalue weighted by molar-refractivity contribution is 0.385. The van der Waals surface area contributed by atoms with Crippen molar-refractivity contribution in [1.29, 1.82) is 0 Å². The number of nitrogens with zero attached hydrogens (tertiary/aromatic N) is 4. The number of sulfonamides is 1. The van der Waals surface area contributed by atoms with Gasteiger partial charge >= 0.3 is 0 Å². The van der Waals surface area contributed by atoms with Crippen molar-refractivity contribution in [3.63, 3.8) is 0 Å². The fourth-order valence-electron chi connectivity index (χ4n) is 4.03. The summed E-state index contributed by atoms with van der Waals surface area (Å²) in [5.41, 5.74) is 1.77. The smallest absolute Gasteiger partial charge is 0.243 e. The number of phenols is 1. The number of aromatic nitrogens is 2. The highest BCUT2D eigenvalue weighted by atomic mass is 32.2. The Morgan fingerprint density at radius 1 is 0.879 bits per heavy atom. The summed E-state index contributed by atoms with van der Waals surface area (Å²) in [5.74, 6) is -3.24. The predicted molar refractivity (Wildman–Crippen MR) is 120 cm³/mol. The van der Waals surface area contributed by atoms with Crippen LogP contribution in [0.3, 0.4) is 0 Å². The molecule has 170 valence electrons. The van der Waals surface area contributed by atoms with Gasteiger partial charge in [-0.15, -0.1) is 0 Å². The molecule has 0 saturated carbocycles. The van der Waals surface area contributed by atoms with Crippen LogP contribution >= 0.6 is 0 Å². The fourth-order valence-corrected chi connectivity index (χ4v) is 5.48. The van der Waals surface area contributed by atoms with Gasteiger partial charge in [0, 0.05) is 49.4 Å². The van der Waals surface area contributed by atoms with Crippen molar-refractivity contribution in [2.45, 2.75) is 4.90 Å². The van der Waals surface area contributed by atoms with Gasteiger partial charge in [0.05, 0.1) is 22.3 Å². The van der Waals surface area contributed by atoms with Crippen molar-refractivity contribution in [2.75, 3.05) is 31.1 Å². The second-order valence-electron chi connectivity index (χ2n) is 7.76. The molecular formula is C23H20F2N4O3S. The van der Waals surface area contributed by atoms with Crippen LogP contribution in [0.5, 0.6) is 5.75 Å². The molecule has 10 heteroatoms. The molecular weight excluding hydrogens is 450 g/mol. The predicted octanol–water partition coefficient (Wildman–Crippen LogP) is 3.52. The van der Waals surface area contributed by atoms with E-state index >= 15 is 0 Å². The van der Waals surface area contributed by atoms with E-state index in [1.807, 2.05) is 18.2 Å². The molecule has 0 unspecified atom stereocenters. The highest BCUT2D eigenvalue weighted by Gasteiger charge is 2.28. The highest BCUT2D eigenvalue weighted by Crippen LogP contribution is 2.28. The maximum absolute atomic E-state index is 13.7. The highest BCUT2D eigenvalue weighted by molar-refractivity contribution is 7.89. The molecule has 5 rings (SSSR count). The van der Waals surface area contributed by atoms with E-state index in [4.69, 9.17) is 0 Å². The Morgan fingerprint density at radius 3 is 2.30 bits per heavy atom. The topological polar surface area (TPSA) is 78.7 Å². The van der Waals surface area contributed by atoms with Gasteiger partial charge in [0.25, 0.3) is 0 Å². The molecule has 1 aliphatic heterocycles. The molecule has 7 nitrogen and oxygen atoms in total. The summed E-state index contributed by atoms with van der Waals surface area (Å²) in [5, 5.41) is 14.6. The molecule has 1 aliphatic rings. The van der Waals surface area contributed by atoms with E-state index in [-0.39, 0.29) is 10.6 Å². The number of anilines is 1. The van der Waals surface area contributed by atoms with E-state index in [0.717, 1.165) is 23.2 Å². The van der Waals surface area contributed by atoms with Gasteiger partial charge in [-0.25, -0.2) is 17.5 Å². The van der Waals surface area contributed by atoms with E-state index in [0.29, 0.717) is 31.7 Å². The van der Waals surface area contributed by atoms with Gasteiger partial charge in [-0.3, -0.25) is 0 Å². The molecule has 0 amide bonds. The minimum Gasteiger partial charge on any atom is -0.505 e. The largest absolute Gasteiger partial charge is 0.505 e. The van der Waals surface area contributed by atoms with Crippen LogP contribution in [-0.4, -0.2) is 53.8 Å². The van der Waals surface area contributed by atoms with Gasteiger partial charge in [0.1, 0.15) is 0 Å². The average molecular weight is 471 g/mol. The van der Waals surface area contributed by atoms with Gasteiger partial charge in [-0.1, -0.05) is 18.2 Å². The number of benzene rings is 3. The lowest BCUT2D eigenvalue weighted by Crippen LogP contribution is -2.48. The molecule has 0 spiro atoms. The number of halogens is 2. The Bertz CT molecular complexity index is 1410. The third kappa shape index (κ3) is 3.81. The Labute approximate surface area is 189 Å². The first-order valence-electron chi connectivity index (χ1n) is 10.3. The van der Waals surface area contributed by atoms with Crippen LogP contribution in [-0.2, 0) is 10.0 Å². The first-order valence-corrected chi connectivity index (χ1v) is 11.7. The van der Waals surface area contributed by atoms with Crippen LogP contribution in [0.2, 0.25) is 0 Å². The molecule has 2 heterocycles. The molecule has 3 aromatic carbocycles. The Morgan fingerprint density at radius 2 is 1.61 bits per heavy atom. The monoisotopic (exact) mass is 470 g/mol. The number of aromatic hydroxyl groups is 1. The molecule has 1 fully saturated rings. The molecule has 1 saturated heterocycles. The van der Waals surface area contributed by atoms with Crippen molar-refractivity contribution in [2.24, 2.45) is 0 Å². The molecule has 0 aliphatic carbocycles. The van der Waals surface area contributed by atoms with Gasteiger partial charge in [-0.2, -0.15) is 13.8 Å². The van der Waals surface area contributed by atoms with Crippen LogP contribution in [0, 0.1) is 11.6 Å². The summed E-state index contributed by atoms with van der Waals surface area (Å²) >= 11 is 0. The lowest BCUT2D eigenvalue weighted by Gasteiger charge is -2.35. The number of fused-ring (bicyclic) bond motifs is 1. The summed E-state index contributed by atoms with van der Waals surface area (Å²) in [6.07, 6.45) is 1.60. The summed E-state index contributed by atoms with van der Waals surface area (Å²) in [4.78, 5) is 2.38. The molecule has 1 N–H and O–H groups in total. The zero-order valence-electron chi connectivity index (χ0n) is 17.4. The SMILES string of the molecule is O=S(=O)(c1ccccc1)N1CCN(c2ccc3c(cnn3-c3cc(O)c(F)c(F)c3)c2)CC1. The lowest BCUT2D eigenvalue weighted by atomic mass is 10.2. The van der Waals surface area contributed by atoms with Crippen LogP contribution in [0.1, 0.15) is 0 Å². The summed E-state index contributed by atoms with van der Waals surface area (Å²) in [6.45, 7) is 1.79. The zero-order valence-corrected chi connectivity index (χ0v) is 18.2. The van der Waals surface area contributed by atoms with Crippen LogP contribution in [0.15, 0.2) is 71.8 Å². The van der Waals surface area contributed by atoms with Crippen LogP contribution in [0.4, 0.5) is 14.5 Å². The standard InChI is InChI=1S/C23H20F2N4O3S/c24-20-13-18(14-22(30)23(20)25)29-21-7-6-17(12-16(21)15-26-29)27-8-10-28(11-9-27)33(31,32)19-4-2-1-3-5-19/h1-7,12-15,30H,8-11H2. The van der Waals surface area contributed by atoms with Crippen LogP contribution < -0.4 is 4.90 Å². The van der Waals surface area contributed by atoms with Gasteiger partial charge in [-0.05, 0) is 30.3 Å². The number of piperazine rings is 1. The second-order valence-corrected chi connectivity index (χ2v) is 9.70. The van der Waals surface area contributed by atoms with Crippen molar-refractivity contribution in [3.05, 3.63) is 78.5 Å². The summed E-state index contributed by atoms with van der Waals surface area (Å²) in [6, 6.07) is 16.1. The van der Waals surface area contributed by atoms with Gasteiger partial charge in [0.15, 0.2) is 17.4 Å². The quantitative estimate of drug-likeness (QED) is 0.494. The summed E-state index contributed by atoms with van der Waals surface area (Å²) in [7, 11) is -3.52. The third-order valence-corrected chi connectivity index (χ3v) is 7.69. The Balaban J connectivity index is 1.36. The van der Waals surface area contributed by atoms with Gasteiger partial charge in [0.2, 0.25) is 10.0 Å². The van der Waals surface area contributed by atoms with E-state index in [9.17, 15) is 22.3 Å². The average Bonchev–Trinajstić information content (AvgIpc) is 3.26. The first kappa shape index (κ1) is 21.4. The van der Waals surface area contributed by atoms with E-state index in [2.05, 4.69) is 10.00 Å². The van der Waals surface area contributed by atoms with E-state index < -0.39 is 27.4 Å². The molecule has 33 heavy (non-hydrogen) atoms. The minimum atomic E-state index is -3.52. The van der Waals surface area contributed by atoms with Crippen molar-refractivity contribution in [3.8, 4) is 11.4 Å². The normalized spacial score (nSPS) is 15.3. The number of hydrogen-bond acceptors (Lipinski definition) is 5.